The van der Waals surface area contributed by atoms with Crippen molar-refractivity contribution in [3.8, 4) is 5.75 Å². The van der Waals surface area contributed by atoms with Gasteiger partial charge >= 0.3 is 0 Å². The minimum atomic E-state index is -0.399. The Bertz CT molecular complexity index is 811. The van der Waals surface area contributed by atoms with Gasteiger partial charge in [-0.15, -0.1) is 0 Å². The summed E-state index contributed by atoms with van der Waals surface area (Å²) >= 11 is 6.44. The van der Waals surface area contributed by atoms with Crippen LogP contribution in [0.25, 0.3) is 0 Å². The molecule has 1 atom stereocenters. The van der Waals surface area contributed by atoms with E-state index in [1.54, 1.807) is 36.4 Å². The number of hydrogen-bond donors (Lipinski definition) is 3. The van der Waals surface area contributed by atoms with Gasteiger partial charge in [0.2, 0.25) is 0 Å². The molecule has 0 aromatic heterocycles. The molecular weight excluding hydrogens is 468 g/mol. The molecule has 3 rings (SSSR count). The molecule has 1 fully saturated rings. The van der Waals surface area contributed by atoms with E-state index in [0.29, 0.717) is 32.5 Å². The van der Waals surface area contributed by atoms with Gasteiger partial charge in [0, 0.05) is 23.5 Å². The first-order valence-electron chi connectivity index (χ1n) is 7.96. The predicted octanol–water partition coefficient (Wildman–Crippen LogP) is 4.29. The molecule has 3 N–H and O–H groups in total. The Kier molecular flexibility index (Phi) is 5.95. The van der Waals surface area contributed by atoms with Gasteiger partial charge in [0.25, 0.3) is 11.8 Å². The first kappa shape index (κ1) is 18.9. The van der Waals surface area contributed by atoms with Gasteiger partial charge in [-0.05, 0) is 81.1 Å². The first-order chi connectivity index (χ1) is 12.4. The second-order valence-electron chi connectivity index (χ2n) is 5.81. The van der Waals surface area contributed by atoms with E-state index in [4.69, 9.17) is 4.74 Å². The normalized spacial score (nSPS) is 16.3. The van der Waals surface area contributed by atoms with Gasteiger partial charge in [0.1, 0.15) is 11.9 Å². The van der Waals surface area contributed by atoms with E-state index < -0.39 is 6.10 Å². The second kappa shape index (κ2) is 8.20. The quantitative estimate of drug-likeness (QED) is 0.566. The number of amides is 2. The molecule has 2 amide bonds. The largest absolute Gasteiger partial charge is 0.506 e. The molecule has 0 spiro atoms. The molecular formula is C18H16Br2N2O4. The van der Waals surface area contributed by atoms with E-state index in [-0.39, 0.29) is 17.6 Å². The highest BCUT2D eigenvalue weighted by Gasteiger charge is 2.23. The third-order valence-electron chi connectivity index (χ3n) is 3.91. The molecule has 2 aromatic carbocycles. The number of phenolic OH excluding ortho intramolecular Hbond substituents is 1. The average Bonchev–Trinajstić information content (AvgIpc) is 3.15. The van der Waals surface area contributed by atoms with Crippen LogP contribution >= 0.6 is 31.9 Å². The summed E-state index contributed by atoms with van der Waals surface area (Å²) in [5, 5.41) is 15.3. The van der Waals surface area contributed by atoms with Crippen molar-refractivity contribution < 1.29 is 19.4 Å². The highest BCUT2D eigenvalue weighted by Crippen LogP contribution is 2.35. The number of ether oxygens (including phenoxy) is 1. The van der Waals surface area contributed by atoms with Gasteiger partial charge in [0.05, 0.1) is 8.95 Å². The lowest BCUT2D eigenvalue weighted by Gasteiger charge is -2.11. The van der Waals surface area contributed by atoms with Crippen molar-refractivity contribution >= 4 is 55.0 Å². The van der Waals surface area contributed by atoms with Crippen molar-refractivity contribution in [2.24, 2.45) is 0 Å². The third kappa shape index (κ3) is 4.44. The summed E-state index contributed by atoms with van der Waals surface area (Å²) in [4.78, 5) is 24.4. The van der Waals surface area contributed by atoms with Crippen LogP contribution in [0.5, 0.6) is 5.75 Å². The second-order valence-corrected chi connectivity index (χ2v) is 7.52. The van der Waals surface area contributed by atoms with Crippen LogP contribution in [0.3, 0.4) is 0 Å². The number of anilines is 2. The fourth-order valence-corrected chi connectivity index (χ4v) is 3.74. The van der Waals surface area contributed by atoms with E-state index in [1.807, 2.05) is 0 Å². The fraction of sp³-hybridized carbons (Fsp3) is 0.222. The topological polar surface area (TPSA) is 87.7 Å². The number of hydrogen-bond acceptors (Lipinski definition) is 4. The van der Waals surface area contributed by atoms with E-state index in [0.717, 1.165) is 12.8 Å². The standard InChI is InChI=1S/C18H16Br2N2O4/c19-13-8-12(9-14(20)16(13)23)22-17(24)10-3-5-11(6-4-10)21-18(25)15-2-1-7-26-15/h3-6,8-9,15,23H,1-2,7H2,(H,21,25)(H,22,24). The monoisotopic (exact) mass is 482 g/mol. The Hall–Kier alpha value is -1.90. The van der Waals surface area contributed by atoms with Crippen LogP contribution in [-0.2, 0) is 9.53 Å². The Labute approximate surface area is 167 Å². The zero-order chi connectivity index (χ0) is 18.7. The van der Waals surface area contributed by atoms with Gasteiger partial charge in [-0.2, -0.15) is 0 Å². The van der Waals surface area contributed by atoms with Crippen molar-refractivity contribution in [3.63, 3.8) is 0 Å². The summed E-state index contributed by atoms with van der Waals surface area (Å²) in [6.07, 6.45) is 1.22. The minimum absolute atomic E-state index is 0.0642. The fourth-order valence-electron chi connectivity index (χ4n) is 2.55. The molecule has 8 heteroatoms. The summed E-state index contributed by atoms with van der Waals surface area (Å²) in [5.74, 6) is -0.403. The molecule has 6 nitrogen and oxygen atoms in total. The molecule has 1 heterocycles. The first-order valence-corrected chi connectivity index (χ1v) is 9.54. The molecule has 2 aromatic rings. The van der Waals surface area contributed by atoms with E-state index >= 15 is 0 Å². The lowest BCUT2D eigenvalue weighted by Crippen LogP contribution is -2.26. The maximum Gasteiger partial charge on any atom is 0.255 e. The van der Waals surface area contributed by atoms with Gasteiger partial charge in [0.15, 0.2) is 0 Å². The van der Waals surface area contributed by atoms with Crippen LogP contribution in [0.1, 0.15) is 23.2 Å². The number of halogens is 2. The van der Waals surface area contributed by atoms with Crippen molar-refractivity contribution in [1.82, 2.24) is 0 Å². The number of rotatable bonds is 4. The molecule has 0 aliphatic carbocycles. The van der Waals surface area contributed by atoms with Gasteiger partial charge in [-0.3, -0.25) is 9.59 Å². The maximum absolute atomic E-state index is 12.4. The summed E-state index contributed by atoms with van der Waals surface area (Å²) in [6, 6.07) is 9.81. The highest BCUT2D eigenvalue weighted by atomic mass is 79.9. The van der Waals surface area contributed by atoms with Crippen molar-refractivity contribution in [2.75, 3.05) is 17.2 Å². The van der Waals surface area contributed by atoms with Gasteiger partial charge in [-0.1, -0.05) is 0 Å². The number of carbonyl (C=O) groups is 2. The highest BCUT2D eigenvalue weighted by molar-refractivity contribution is 9.11. The number of benzene rings is 2. The summed E-state index contributed by atoms with van der Waals surface area (Å²) in [5.41, 5.74) is 1.58. The average molecular weight is 484 g/mol. The van der Waals surface area contributed by atoms with Crippen molar-refractivity contribution in [1.29, 1.82) is 0 Å². The minimum Gasteiger partial charge on any atom is -0.506 e. The number of carbonyl (C=O) groups excluding carboxylic acids is 2. The predicted molar refractivity (Wildman–Crippen MR) is 106 cm³/mol. The van der Waals surface area contributed by atoms with Gasteiger partial charge < -0.3 is 20.5 Å². The molecule has 1 saturated heterocycles. The molecule has 1 aliphatic heterocycles. The van der Waals surface area contributed by atoms with Crippen LogP contribution in [0.15, 0.2) is 45.3 Å². The number of nitrogens with one attached hydrogen (secondary N) is 2. The zero-order valence-electron chi connectivity index (χ0n) is 13.6. The third-order valence-corrected chi connectivity index (χ3v) is 5.12. The van der Waals surface area contributed by atoms with Crippen LogP contribution in [-0.4, -0.2) is 29.6 Å². The van der Waals surface area contributed by atoms with Crippen LogP contribution in [0, 0.1) is 0 Å². The Morgan fingerprint density at radius 2 is 1.69 bits per heavy atom. The van der Waals surface area contributed by atoms with E-state index in [1.165, 1.54) is 0 Å². The molecule has 1 unspecified atom stereocenters. The maximum atomic E-state index is 12.4. The Balaban J connectivity index is 1.64. The molecule has 0 saturated carbocycles. The molecule has 0 bridgehead atoms. The zero-order valence-corrected chi connectivity index (χ0v) is 16.8. The van der Waals surface area contributed by atoms with Crippen LogP contribution in [0.4, 0.5) is 11.4 Å². The SMILES string of the molecule is O=C(Nc1cc(Br)c(O)c(Br)c1)c1ccc(NC(=O)C2CCCO2)cc1. The molecule has 26 heavy (non-hydrogen) atoms. The van der Waals surface area contributed by atoms with Crippen molar-refractivity contribution in [3.05, 3.63) is 50.9 Å². The Morgan fingerprint density at radius 1 is 1.04 bits per heavy atom. The number of aromatic hydroxyl groups is 1. The number of phenols is 1. The van der Waals surface area contributed by atoms with E-state index in [9.17, 15) is 14.7 Å². The van der Waals surface area contributed by atoms with Crippen LogP contribution in [0.2, 0.25) is 0 Å². The lowest BCUT2D eigenvalue weighted by atomic mass is 10.1. The summed E-state index contributed by atoms with van der Waals surface area (Å²) in [7, 11) is 0. The van der Waals surface area contributed by atoms with E-state index in [2.05, 4.69) is 42.5 Å². The summed E-state index contributed by atoms with van der Waals surface area (Å²) in [6.45, 7) is 0.612. The Morgan fingerprint density at radius 3 is 2.27 bits per heavy atom. The molecule has 1 aliphatic rings. The molecule has 0 radical (unpaired) electrons. The lowest BCUT2D eigenvalue weighted by molar-refractivity contribution is -0.124. The smallest absolute Gasteiger partial charge is 0.255 e. The molecule has 136 valence electrons. The van der Waals surface area contributed by atoms with Crippen LogP contribution < -0.4 is 10.6 Å². The van der Waals surface area contributed by atoms with Crippen molar-refractivity contribution in [2.45, 2.75) is 18.9 Å². The summed E-state index contributed by atoms with van der Waals surface area (Å²) < 4.78 is 6.28. The van der Waals surface area contributed by atoms with Gasteiger partial charge in [-0.25, -0.2) is 0 Å².